The molecule has 6 heteroatoms. The van der Waals surface area contributed by atoms with Gasteiger partial charge in [0.15, 0.2) is 0 Å². The first-order chi connectivity index (χ1) is 9.90. The van der Waals surface area contributed by atoms with E-state index in [4.69, 9.17) is 11.6 Å². The molecule has 0 saturated heterocycles. The second-order valence-corrected chi connectivity index (χ2v) is 5.52. The highest BCUT2D eigenvalue weighted by atomic mass is 35.5. The highest BCUT2D eigenvalue weighted by Crippen LogP contribution is 2.14. The van der Waals surface area contributed by atoms with Gasteiger partial charge in [-0.2, -0.15) is 0 Å². The van der Waals surface area contributed by atoms with Gasteiger partial charge in [-0.15, -0.1) is 0 Å². The zero-order valence-corrected chi connectivity index (χ0v) is 13.5. The average molecular weight is 312 g/mol. The number of hydrogen-bond donors (Lipinski definition) is 1. The minimum atomic E-state index is -0.191. The van der Waals surface area contributed by atoms with E-state index in [1.165, 1.54) is 11.8 Å². The first-order valence-corrected chi connectivity index (χ1v) is 7.18. The fourth-order valence-corrected chi connectivity index (χ4v) is 1.94. The number of nitrogens with zero attached hydrogens (tertiary/aromatic N) is 2. The molecule has 1 rings (SSSR count). The summed E-state index contributed by atoms with van der Waals surface area (Å²) in [6.07, 6.45) is 0. The van der Waals surface area contributed by atoms with Crippen LogP contribution in [0.4, 0.5) is 0 Å². The maximum absolute atomic E-state index is 11.9. The van der Waals surface area contributed by atoms with Gasteiger partial charge in [0.1, 0.15) is 0 Å². The fraction of sp³-hybridized carbons (Fsp3) is 0.467. The molecule has 116 valence electrons. The molecule has 0 spiro atoms. The highest BCUT2D eigenvalue weighted by Gasteiger charge is 2.13. The van der Waals surface area contributed by atoms with Crippen LogP contribution in [0.1, 0.15) is 12.5 Å². The molecule has 0 atom stereocenters. The van der Waals surface area contributed by atoms with Crippen molar-refractivity contribution in [1.82, 2.24) is 15.1 Å². The van der Waals surface area contributed by atoms with Gasteiger partial charge >= 0.3 is 0 Å². The van der Waals surface area contributed by atoms with Crippen LogP contribution < -0.4 is 5.32 Å². The van der Waals surface area contributed by atoms with Crippen molar-refractivity contribution < 1.29 is 9.59 Å². The lowest BCUT2D eigenvalue weighted by Gasteiger charge is -2.22. The number of hydrogen-bond acceptors (Lipinski definition) is 3. The number of nitrogens with one attached hydrogen (secondary N) is 1. The Kier molecular flexibility index (Phi) is 7.19. The molecule has 2 amide bonds. The maximum atomic E-state index is 11.9. The van der Waals surface area contributed by atoms with Crippen LogP contribution in [0.3, 0.4) is 0 Å². The second-order valence-electron chi connectivity index (χ2n) is 5.11. The molecule has 21 heavy (non-hydrogen) atoms. The Balaban J connectivity index is 2.47. The van der Waals surface area contributed by atoms with Crippen LogP contribution in [-0.4, -0.2) is 55.3 Å². The van der Waals surface area contributed by atoms with Crippen LogP contribution in [0.25, 0.3) is 0 Å². The topological polar surface area (TPSA) is 52.7 Å². The third-order valence-electron chi connectivity index (χ3n) is 3.03. The van der Waals surface area contributed by atoms with Crippen LogP contribution in [-0.2, 0) is 16.1 Å². The summed E-state index contributed by atoms with van der Waals surface area (Å²) in [6, 6.07) is 7.35. The summed E-state index contributed by atoms with van der Waals surface area (Å²) in [7, 11) is 3.85. The Bertz CT molecular complexity index is 492. The lowest BCUT2D eigenvalue weighted by atomic mass is 10.2. The number of benzene rings is 1. The van der Waals surface area contributed by atoms with Crippen LogP contribution in [0.15, 0.2) is 24.3 Å². The normalized spacial score (nSPS) is 10.5. The van der Waals surface area contributed by atoms with E-state index in [0.717, 1.165) is 12.1 Å². The fourth-order valence-electron chi connectivity index (χ4n) is 1.73. The summed E-state index contributed by atoms with van der Waals surface area (Å²) < 4.78 is 0. The molecule has 0 aromatic heterocycles. The minimum Gasteiger partial charge on any atom is -0.350 e. The molecule has 1 aromatic carbocycles. The molecule has 0 heterocycles. The average Bonchev–Trinajstić information content (AvgIpc) is 2.42. The van der Waals surface area contributed by atoms with Crippen molar-refractivity contribution in [2.45, 2.75) is 13.5 Å². The number of likely N-dealkylation sites (N-methyl/N-ethyl adjacent to an activating group) is 1. The SMILES string of the molecule is CC(=O)N(CCN(C)C)CC(=O)NCc1ccccc1Cl. The molecule has 0 aliphatic carbocycles. The smallest absolute Gasteiger partial charge is 0.239 e. The molecule has 0 radical (unpaired) electrons. The zero-order valence-electron chi connectivity index (χ0n) is 12.7. The third kappa shape index (κ3) is 6.60. The molecule has 0 fully saturated rings. The molecule has 0 aliphatic heterocycles. The van der Waals surface area contributed by atoms with Crippen molar-refractivity contribution in [3.05, 3.63) is 34.9 Å². The quantitative estimate of drug-likeness (QED) is 0.827. The highest BCUT2D eigenvalue weighted by molar-refractivity contribution is 6.31. The van der Waals surface area contributed by atoms with Crippen LogP contribution in [0, 0.1) is 0 Å². The summed E-state index contributed by atoms with van der Waals surface area (Å²) in [4.78, 5) is 27.0. The molecule has 0 saturated carbocycles. The number of rotatable bonds is 7. The summed E-state index contributed by atoms with van der Waals surface area (Å²) in [5, 5.41) is 3.40. The Hall–Kier alpha value is -1.59. The van der Waals surface area contributed by atoms with Crippen molar-refractivity contribution in [3.63, 3.8) is 0 Å². The zero-order chi connectivity index (χ0) is 15.8. The van der Waals surface area contributed by atoms with E-state index in [1.54, 1.807) is 6.07 Å². The van der Waals surface area contributed by atoms with E-state index in [1.807, 2.05) is 37.2 Å². The van der Waals surface area contributed by atoms with E-state index in [2.05, 4.69) is 5.32 Å². The Morgan fingerprint density at radius 2 is 1.86 bits per heavy atom. The van der Waals surface area contributed by atoms with Gasteiger partial charge in [0, 0.05) is 31.6 Å². The Labute approximate surface area is 130 Å². The Morgan fingerprint density at radius 1 is 1.19 bits per heavy atom. The summed E-state index contributed by atoms with van der Waals surface area (Å²) in [6.45, 7) is 3.14. The largest absolute Gasteiger partial charge is 0.350 e. The summed E-state index contributed by atoms with van der Waals surface area (Å²) in [5.74, 6) is -0.298. The lowest BCUT2D eigenvalue weighted by Crippen LogP contribution is -2.42. The van der Waals surface area contributed by atoms with Crippen LogP contribution in [0.5, 0.6) is 0 Å². The monoisotopic (exact) mass is 311 g/mol. The van der Waals surface area contributed by atoms with Crippen molar-refractivity contribution in [2.24, 2.45) is 0 Å². The third-order valence-corrected chi connectivity index (χ3v) is 3.40. The molecule has 0 bridgehead atoms. The Morgan fingerprint density at radius 3 is 2.43 bits per heavy atom. The van der Waals surface area contributed by atoms with E-state index in [0.29, 0.717) is 18.1 Å². The first kappa shape index (κ1) is 17.5. The van der Waals surface area contributed by atoms with Crippen molar-refractivity contribution in [2.75, 3.05) is 33.7 Å². The van der Waals surface area contributed by atoms with Crippen LogP contribution >= 0.6 is 11.6 Å². The molecule has 0 aliphatic rings. The van der Waals surface area contributed by atoms with E-state index in [9.17, 15) is 9.59 Å². The predicted octanol–water partition coefficient (Wildman–Crippen LogP) is 1.37. The second kappa shape index (κ2) is 8.64. The van der Waals surface area contributed by atoms with Gasteiger partial charge in [-0.3, -0.25) is 9.59 Å². The van der Waals surface area contributed by atoms with Gasteiger partial charge in [0.05, 0.1) is 6.54 Å². The molecular formula is C15H22ClN3O2. The van der Waals surface area contributed by atoms with Gasteiger partial charge < -0.3 is 15.1 Å². The van der Waals surface area contributed by atoms with Gasteiger partial charge in [0.25, 0.3) is 0 Å². The predicted molar refractivity (Wildman–Crippen MR) is 84.1 cm³/mol. The standard InChI is InChI=1S/C15H22ClN3O2/c1-12(20)19(9-8-18(2)3)11-15(21)17-10-13-6-4-5-7-14(13)16/h4-7H,8-11H2,1-3H3,(H,17,21). The van der Waals surface area contributed by atoms with Crippen LogP contribution in [0.2, 0.25) is 5.02 Å². The molecular weight excluding hydrogens is 290 g/mol. The molecule has 0 unspecified atom stereocenters. The summed E-state index contributed by atoms with van der Waals surface area (Å²) >= 11 is 6.03. The summed E-state index contributed by atoms with van der Waals surface area (Å²) in [5.41, 5.74) is 0.857. The van der Waals surface area contributed by atoms with Gasteiger partial charge in [-0.1, -0.05) is 29.8 Å². The minimum absolute atomic E-state index is 0.0631. The lowest BCUT2D eigenvalue weighted by molar-refractivity contribution is -0.134. The van der Waals surface area contributed by atoms with Crippen molar-refractivity contribution in [1.29, 1.82) is 0 Å². The molecule has 1 aromatic rings. The van der Waals surface area contributed by atoms with Gasteiger partial charge in [-0.25, -0.2) is 0 Å². The maximum Gasteiger partial charge on any atom is 0.239 e. The van der Waals surface area contributed by atoms with Crippen molar-refractivity contribution >= 4 is 23.4 Å². The van der Waals surface area contributed by atoms with E-state index in [-0.39, 0.29) is 18.4 Å². The number of amides is 2. The first-order valence-electron chi connectivity index (χ1n) is 6.80. The van der Waals surface area contributed by atoms with E-state index >= 15 is 0 Å². The number of halogens is 1. The molecule has 5 nitrogen and oxygen atoms in total. The van der Waals surface area contributed by atoms with E-state index < -0.39 is 0 Å². The van der Waals surface area contributed by atoms with Gasteiger partial charge in [0.2, 0.25) is 11.8 Å². The van der Waals surface area contributed by atoms with Crippen molar-refractivity contribution in [3.8, 4) is 0 Å². The molecule has 1 N–H and O–H groups in total. The van der Waals surface area contributed by atoms with Gasteiger partial charge in [-0.05, 0) is 25.7 Å². The number of carbonyl (C=O) groups excluding carboxylic acids is 2. The number of carbonyl (C=O) groups is 2.